The van der Waals surface area contributed by atoms with Crippen molar-refractivity contribution in [3.05, 3.63) is 131 Å². The van der Waals surface area contributed by atoms with Crippen LogP contribution in [-0.2, 0) is 34.2 Å². The van der Waals surface area contributed by atoms with Gasteiger partial charge in [0.25, 0.3) is 0 Å². The van der Waals surface area contributed by atoms with Gasteiger partial charge in [-0.1, -0.05) is 141 Å². The smallest absolute Gasteiger partial charge is 1.00 e. The Morgan fingerprint density at radius 2 is 0.820 bits per heavy atom. The maximum Gasteiger partial charge on any atom is -1.00 e. The standard InChI is InChI=1S/2C22H25.C2H6Si.2ClH.Zr/c2*1-15(2)18-13-17-7-6-8-20(21(17)14-18)16-9-11-19(12-10-16)22(3,4)5;1-3-2;;;/h2*6-15H,1-5H3;1-2H3;2*1H;/q2*-1;;;;+2/p-2. The molecule has 0 atom stereocenters. The van der Waals surface area contributed by atoms with E-state index in [0.29, 0.717) is 11.8 Å². The van der Waals surface area contributed by atoms with Crippen LogP contribution in [0.25, 0.3) is 43.8 Å². The first-order valence-electron chi connectivity index (χ1n) is 17.6. The van der Waals surface area contributed by atoms with Crippen LogP contribution in [0.5, 0.6) is 0 Å². The minimum absolute atomic E-state index is 0. The molecule has 0 aliphatic heterocycles. The number of benzene rings is 4. The van der Waals surface area contributed by atoms with E-state index in [4.69, 9.17) is 0 Å². The van der Waals surface area contributed by atoms with Crippen LogP contribution >= 0.6 is 0 Å². The van der Waals surface area contributed by atoms with Crippen molar-refractivity contribution in [2.75, 3.05) is 0 Å². The zero-order valence-electron chi connectivity index (χ0n) is 32.3. The maximum atomic E-state index is 2.35. The van der Waals surface area contributed by atoms with E-state index in [1.807, 2.05) is 0 Å². The van der Waals surface area contributed by atoms with Crippen molar-refractivity contribution in [1.82, 2.24) is 0 Å². The average molecular weight is 799 g/mol. The molecule has 0 heterocycles. The van der Waals surface area contributed by atoms with Crippen molar-refractivity contribution in [2.45, 2.75) is 105 Å². The third kappa shape index (κ3) is 11.4. The van der Waals surface area contributed by atoms with Crippen LogP contribution in [0.3, 0.4) is 0 Å². The monoisotopic (exact) mass is 796 g/mol. The number of fused-ring (bicyclic) bond motifs is 2. The summed E-state index contributed by atoms with van der Waals surface area (Å²) >= 11 is 1.74. The molecule has 0 saturated heterocycles. The molecule has 0 bridgehead atoms. The van der Waals surface area contributed by atoms with Gasteiger partial charge in [0.15, 0.2) is 0 Å². The van der Waals surface area contributed by atoms with Gasteiger partial charge in [0.2, 0.25) is 0 Å². The molecule has 0 nitrogen and oxygen atoms in total. The number of halogens is 2. The van der Waals surface area contributed by atoms with Gasteiger partial charge in [-0.05, 0) is 44.9 Å². The van der Waals surface area contributed by atoms with Gasteiger partial charge in [0, 0.05) is 0 Å². The van der Waals surface area contributed by atoms with Crippen molar-refractivity contribution in [2.24, 2.45) is 0 Å². The van der Waals surface area contributed by atoms with Gasteiger partial charge in [-0.15, -0.1) is 69.1 Å². The van der Waals surface area contributed by atoms with Gasteiger partial charge in [0.05, 0.1) is 0 Å². The molecule has 0 saturated carbocycles. The minimum atomic E-state index is 0. The molecular formula is C46H56Cl2SiZr-2. The van der Waals surface area contributed by atoms with Gasteiger partial charge < -0.3 is 24.8 Å². The van der Waals surface area contributed by atoms with E-state index in [1.165, 1.54) is 66.1 Å². The molecule has 4 heteroatoms. The summed E-state index contributed by atoms with van der Waals surface area (Å²) in [6, 6.07) is 40.7. The first-order valence-corrected chi connectivity index (χ1v) is 23.8. The molecule has 0 aliphatic rings. The third-order valence-corrected chi connectivity index (χ3v) is 9.00. The summed E-state index contributed by atoms with van der Waals surface area (Å²) < 4.78 is 0. The first kappa shape index (κ1) is 43.9. The molecule has 6 rings (SSSR count). The van der Waals surface area contributed by atoms with Crippen LogP contribution < -0.4 is 24.8 Å². The summed E-state index contributed by atoms with van der Waals surface area (Å²) in [4.78, 5) is 0. The molecule has 0 aromatic heterocycles. The molecule has 264 valence electrons. The first-order chi connectivity index (χ1) is 22.5. The van der Waals surface area contributed by atoms with Gasteiger partial charge in [0.1, 0.15) is 0 Å². The molecule has 0 radical (unpaired) electrons. The summed E-state index contributed by atoms with van der Waals surface area (Å²) in [5.74, 6) is 1.15. The van der Waals surface area contributed by atoms with E-state index in [2.05, 4.69) is 192 Å². The van der Waals surface area contributed by atoms with Crippen LogP contribution in [0, 0.1) is 0 Å². The van der Waals surface area contributed by atoms with Crippen molar-refractivity contribution in [3.8, 4) is 22.3 Å². The van der Waals surface area contributed by atoms with E-state index < -0.39 is 0 Å². The molecule has 0 fully saturated rings. The predicted octanol–water partition coefficient (Wildman–Crippen LogP) is 8.09. The maximum absolute atomic E-state index is 2.35. The Kier molecular flexibility index (Phi) is 16.3. The summed E-state index contributed by atoms with van der Waals surface area (Å²) in [5, 5.41) is 5.44. The molecular weight excluding hydrogens is 743 g/mol. The van der Waals surface area contributed by atoms with Gasteiger partial charge in [-0.25, -0.2) is 0 Å². The van der Waals surface area contributed by atoms with E-state index in [-0.39, 0.29) is 41.1 Å². The van der Waals surface area contributed by atoms with Gasteiger partial charge in [-0.2, -0.15) is 12.1 Å². The predicted molar refractivity (Wildman–Crippen MR) is 213 cm³/mol. The van der Waals surface area contributed by atoms with Crippen molar-refractivity contribution in [3.63, 3.8) is 0 Å². The Labute approximate surface area is 331 Å². The van der Waals surface area contributed by atoms with Crippen LogP contribution in [0.4, 0.5) is 0 Å². The number of hydrogen-bond donors (Lipinski definition) is 0. The summed E-state index contributed by atoms with van der Waals surface area (Å²) in [6.45, 7) is 27.2. The second-order valence-corrected chi connectivity index (χ2v) is 25.5. The Morgan fingerprint density at radius 1 is 0.520 bits per heavy atom. The Balaban J connectivity index is 0.000000303. The van der Waals surface area contributed by atoms with Gasteiger partial charge >= 0.3 is 41.9 Å². The molecule has 0 aliphatic carbocycles. The average Bonchev–Trinajstić information content (AvgIpc) is 3.66. The summed E-state index contributed by atoms with van der Waals surface area (Å²) in [6.07, 6.45) is 0. The molecule has 0 unspecified atom stereocenters. The fraction of sp³-hybridized carbons (Fsp3) is 0.348. The zero-order chi connectivity index (χ0) is 35.4. The molecule has 6 aromatic rings. The van der Waals surface area contributed by atoms with E-state index in [9.17, 15) is 0 Å². The van der Waals surface area contributed by atoms with Crippen LogP contribution in [0.2, 0.25) is 13.1 Å². The fourth-order valence-corrected chi connectivity index (χ4v) is 5.99. The Morgan fingerprint density at radius 3 is 1.08 bits per heavy atom. The quantitative estimate of drug-likeness (QED) is 0.125. The van der Waals surface area contributed by atoms with E-state index in [1.54, 1.807) is 23.3 Å². The second kappa shape index (κ2) is 18.5. The number of hydrogen-bond acceptors (Lipinski definition) is 0. The van der Waals surface area contributed by atoms with Crippen LogP contribution in [0.1, 0.15) is 103 Å². The molecule has 0 N–H and O–H groups in total. The van der Waals surface area contributed by atoms with Crippen molar-refractivity contribution in [1.29, 1.82) is 0 Å². The summed E-state index contributed by atoms with van der Waals surface area (Å²) in [5.41, 5.74) is 11.5. The van der Waals surface area contributed by atoms with Crippen molar-refractivity contribution < 1.29 is 48.1 Å². The van der Waals surface area contributed by atoms with Crippen LogP contribution in [0.15, 0.2) is 109 Å². The third-order valence-electron chi connectivity index (χ3n) is 9.00. The molecule has 50 heavy (non-hydrogen) atoms. The number of rotatable bonds is 4. The van der Waals surface area contributed by atoms with E-state index in [0.717, 1.165) is 0 Å². The largest absolute Gasteiger partial charge is 1.00 e. The Bertz CT molecular complexity index is 1810. The topological polar surface area (TPSA) is 0 Å². The van der Waals surface area contributed by atoms with E-state index >= 15 is 0 Å². The summed E-state index contributed by atoms with van der Waals surface area (Å²) in [7, 11) is 0. The molecule has 6 aromatic carbocycles. The minimum Gasteiger partial charge on any atom is -1.00 e. The molecule has 0 amide bonds. The fourth-order valence-electron chi connectivity index (χ4n) is 5.99. The normalized spacial score (nSPS) is 11.4. The van der Waals surface area contributed by atoms with Crippen molar-refractivity contribution >= 4 is 27.0 Å². The van der Waals surface area contributed by atoms with Gasteiger partial charge in [-0.3, -0.25) is 0 Å². The SMILES string of the molecule is CC(C)c1cc2c(-c3ccc(C(C)(C)C)cc3)cccc2[cH-]1.CC(C)c1cc2c(-c3ccc(C(C)(C)C)cc3)cccc2[cH-]1.C[Si](C)=[Zr+2].[Cl-].[Cl-]. The zero-order valence-corrected chi connectivity index (χ0v) is 37.3. The molecule has 0 spiro atoms. The van der Waals surface area contributed by atoms with Crippen LogP contribution in [-0.4, -0.2) is 5.43 Å². The Hall–Kier alpha value is -2.22. The second-order valence-electron chi connectivity index (χ2n) is 16.2.